The second kappa shape index (κ2) is 11.8. The standard InChI is InChI=1S/C27H37N3O2/c1-5-7-13-24(31)19-29(18-6-2)20-26-22(4)28-30(23-11-9-8-10-12-23)27(26)32-25-16-14-21(3)15-17-25/h8-12,14-17,24,31H,5-7,13,18-20H2,1-4H3. The minimum absolute atomic E-state index is 0.313. The van der Waals surface area contributed by atoms with Gasteiger partial charge in [0, 0.05) is 13.1 Å². The molecule has 0 amide bonds. The van der Waals surface area contributed by atoms with Crippen molar-refractivity contribution in [3.63, 3.8) is 0 Å². The second-order valence-electron chi connectivity index (χ2n) is 8.56. The van der Waals surface area contributed by atoms with Crippen molar-refractivity contribution in [2.75, 3.05) is 13.1 Å². The fraction of sp³-hybridized carbons (Fsp3) is 0.444. The molecule has 0 saturated heterocycles. The number of unbranched alkanes of at least 4 members (excludes halogenated alkanes) is 1. The van der Waals surface area contributed by atoms with Crippen LogP contribution in [0, 0.1) is 13.8 Å². The number of ether oxygens (including phenoxy) is 1. The van der Waals surface area contributed by atoms with Crippen molar-refractivity contribution in [2.45, 2.75) is 66.0 Å². The molecule has 1 heterocycles. The molecular weight excluding hydrogens is 398 g/mol. The molecule has 32 heavy (non-hydrogen) atoms. The van der Waals surface area contributed by atoms with Gasteiger partial charge in [0.1, 0.15) is 5.75 Å². The van der Waals surface area contributed by atoms with Crippen molar-refractivity contribution in [3.05, 3.63) is 71.4 Å². The van der Waals surface area contributed by atoms with Crippen LogP contribution in [0.15, 0.2) is 54.6 Å². The Hall–Kier alpha value is -2.63. The van der Waals surface area contributed by atoms with Crippen LogP contribution < -0.4 is 4.74 Å². The molecule has 3 aromatic rings. The molecule has 5 nitrogen and oxygen atoms in total. The predicted octanol–water partition coefficient (Wildman–Crippen LogP) is 6.04. The summed E-state index contributed by atoms with van der Waals surface area (Å²) in [7, 11) is 0. The first-order valence-electron chi connectivity index (χ1n) is 11.8. The molecule has 0 aliphatic rings. The van der Waals surface area contributed by atoms with Crippen molar-refractivity contribution in [1.82, 2.24) is 14.7 Å². The highest BCUT2D eigenvalue weighted by atomic mass is 16.5. The summed E-state index contributed by atoms with van der Waals surface area (Å²) in [5, 5.41) is 15.4. The summed E-state index contributed by atoms with van der Waals surface area (Å²) in [5.74, 6) is 1.53. The number of hydrogen-bond donors (Lipinski definition) is 1. The Labute approximate surface area is 192 Å². The molecule has 0 aliphatic carbocycles. The molecule has 1 atom stereocenters. The first-order valence-corrected chi connectivity index (χ1v) is 11.8. The van der Waals surface area contributed by atoms with Crippen LogP contribution in [0.25, 0.3) is 5.69 Å². The molecule has 172 valence electrons. The molecule has 0 fully saturated rings. The maximum Gasteiger partial charge on any atom is 0.227 e. The zero-order valence-corrected chi connectivity index (χ0v) is 19.9. The van der Waals surface area contributed by atoms with Gasteiger partial charge in [0.15, 0.2) is 0 Å². The number of aliphatic hydroxyl groups is 1. The average molecular weight is 436 g/mol. The molecular formula is C27H37N3O2. The number of rotatable bonds is 12. The van der Waals surface area contributed by atoms with Gasteiger partial charge in [-0.3, -0.25) is 4.90 Å². The van der Waals surface area contributed by atoms with Crippen molar-refractivity contribution < 1.29 is 9.84 Å². The summed E-state index contributed by atoms with van der Waals surface area (Å²) in [6, 6.07) is 18.2. The van der Waals surface area contributed by atoms with Gasteiger partial charge in [-0.05, 0) is 57.5 Å². The van der Waals surface area contributed by atoms with E-state index < -0.39 is 0 Å². The predicted molar refractivity (Wildman–Crippen MR) is 131 cm³/mol. The van der Waals surface area contributed by atoms with Gasteiger partial charge in [0.05, 0.1) is 23.0 Å². The Balaban J connectivity index is 1.94. The third-order valence-corrected chi connectivity index (χ3v) is 5.65. The number of aryl methyl sites for hydroxylation is 2. The van der Waals surface area contributed by atoms with Gasteiger partial charge in [-0.15, -0.1) is 0 Å². The zero-order valence-electron chi connectivity index (χ0n) is 19.9. The van der Waals surface area contributed by atoms with Gasteiger partial charge in [-0.1, -0.05) is 62.6 Å². The zero-order chi connectivity index (χ0) is 22.9. The molecule has 0 spiro atoms. The first kappa shape index (κ1) is 24.0. The van der Waals surface area contributed by atoms with E-state index in [1.807, 2.05) is 54.1 Å². The summed E-state index contributed by atoms with van der Waals surface area (Å²) in [4.78, 5) is 2.32. The van der Waals surface area contributed by atoms with Crippen molar-refractivity contribution >= 4 is 0 Å². The molecule has 5 heteroatoms. The van der Waals surface area contributed by atoms with Crippen LogP contribution in [0.5, 0.6) is 11.6 Å². The van der Waals surface area contributed by atoms with E-state index in [9.17, 15) is 5.11 Å². The summed E-state index contributed by atoms with van der Waals surface area (Å²) >= 11 is 0. The number of benzene rings is 2. The number of aliphatic hydroxyl groups excluding tert-OH is 1. The Morgan fingerprint density at radius 2 is 1.72 bits per heavy atom. The largest absolute Gasteiger partial charge is 0.439 e. The summed E-state index contributed by atoms with van der Waals surface area (Å²) in [5.41, 5.74) is 4.17. The Bertz CT molecular complexity index is 951. The van der Waals surface area contributed by atoms with Gasteiger partial charge >= 0.3 is 0 Å². The highest BCUT2D eigenvalue weighted by Gasteiger charge is 2.22. The second-order valence-corrected chi connectivity index (χ2v) is 8.56. The van der Waals surface area contributed by atoms with E-state index in [2.05, 4.69) is 37.8 Å². The summed E-state index contributed by atoms with van der Waals surface area (Å²) < 4.78 is 8.32. The minimum atomic E-state index is -0.313. The first-order chi connectivity index (χ1) is 15.5. The molecule has 0 saturated carbocycles. The third kappa shape index (κ3) is 6.44. The SMILES string of the molecule is CCCCC(O)CN(CCC)Cc1c(C)nn(-c2ccccc2)c1Oc1ccc(C)cc1. The Kier molecular flexibility index (Phi) is 8.89. The molecule has 0 radical (unpaired) electrons. The number of para-hydroxylation sites is 1. The van der Waals surface area contributed by atoms with Crippen LogP contribution in [-0.2, 0) is 6.54 Å². The van der Waals surface area contributed by atoms with E-state index in [0.717, 1.165) is 60.8 Å². The lowest BCUT2D eigenvalue weighted by atomic mass is 10.1. The smallest absolute Gasteiger partial charge is 0.227 e. The lowest BCUT2D eigenvalue weighted by Gasteiger charge is -2.25. The van der Waals surface area contributed by atoms with Gasteiger partial charge in [0.25, 0.3) is 0 Å². The van der Waals surface area contributed by atoms with Gasteiger partial charge in [0.2, 0.25) is 5.88 Å². The molecule has 1 aromatic heterocycles. The van der Waals surface area contributed by atoms with E-state index in [1.54, 1.807) is 0 Å². The molecule has 0 aliphatic heterocycles. The van der Waals surface area contributed by atoms with Crippen LogP contribution >= 0.6 is 0 Å². The topological polar surface area (TPSA) is 50.5 Å². The molecule has 1 unspecified atom stereocenters. The van der Waals surface area contributed by atoms with Gasteiger partial charge in [-0.25, -0.2) is 4.68 Å². The van der Waals surface area contributed by atoms with Crippen molar-refractivity contribution in [3.8, 4) is 17.3 Å². The number of hydrogen-bond acceptors (Lipinski definition) is 4. The third-order valence-electron chi connectivity index (χ3n) is 5.65. The Morgan fingerprint density at radius 3 is 2.38 bits per heavy atom. The summed E-state index contributed by atoms with van der Waals surface area (Å²) in [6.07, 6.45) is 3.70. The molecule has 0 bridgehead atoms. The lowest BCUT2D eigenvalue weighted by Crippen LogP contribution is -2.33. The average Bonchev–Trinajstić information content (AvgIpc) is 3.09. The quantitative estimate of drug-likeness (QED) is 0.376. The fourth-order valence-corrected chi connectivity index (χ4v) is 3.89. The molecule has 1 N–H and O–H groups in total. The maximum atomic E-state index is 10.5. The van der Waals surface area contributed by atoms with Gasteiger partial charge in [-0.2, -0.15) is 5.10 Å². The van der Waals surface area contributed by atoms with E-state index in [1.165, 1.54) is 5.56 Å². The monoisotopic (exact) mass is 435 g/mol. The van der Waals surface area contributed by atoms with Crippen LogP contribution in [0.1, 0.15) is 56.4 Å². The van der Waals surface area contributed by atoms with Crippen molar-refractivity contribution in [2.24, 2.45) is 0 Å². The fourth-order valence-electron chi connectivity index (χ4n) is 3.89. The van der Waals surface area contributed by atoms with E-state index >= 15 is 0 Å². The molecule has 3 rings (SSSR count). The number of aromatic nitrogens is 2. The van der Waals surface area contributed by atoms with E-state index in [-0.39, 0.29) is 6.10 Å². The van der Waals surface area contributed by atoms with Crippen molar-refractivity contribution in [1.29, 1.82) is 0 Å². The van der Waals surface area contributed by atoms with Crippen LogP contribution in [0.3, 0.4) is 0 Å². The highest BCUT2D eigenvalue weighted by Crippen LogP contribution is 2.32. The van der Waals surface area contributed by atoms with Crippen LogP contribution in [0.2, 0.25) is 0 Å². The maximum absolute atomic E-state index is 10.5. The number of nitrogens with zero attached hydrogens (tertiary/aromatic N) is 3. The molecule has 2 aromatic carbocycles. The normalized spacial score (nSPS) is 12.3. The summed E-state index contributed by atoms with van der Waals surface area (Å²) in [6.45, 7) is 10.7. The minimum Gasteiger partial charge on any atom is -0.439 e. The van der Waals surface area contributed by atoms with E-state index in [0.29, 0.717) is 13.1 Å². The lowest BCUT2D eigenvalue weighted by molar-refractivity contribution is 0.0991. The highest BCUT2D eigenvalue weighted by molar-refractivity contribution is 5.43. The van der Waals surface area contributed by atoms with Crippen LogP contribution in [-0.4, -0.2) is 39.0 Å². The Morgan fingerprint density at radius 1 is 1.00 bits per heavy atom. The van der Waals surface area contributed by atoms with E-state index in [4.69, 9.17) is 9.84 Å². The van der Waals surface area contributed by atoms with Gasteiger partial charge < -0.3 is 9.84 Å². The van der Waals surface area contributed by atoms with Crippen LogP contribution in [0.4, 0.5) is 0 Å².